The molecule has 0 radical (unpaired) electrons. The van der Waals surface area contributed by atoms with Gasteiger partial charge in [0.25, 0.3) is 0 Å². The third-order valence-corrected chi connectivity index (χ3v) is 4.47. The van der Waals surface area contributed by atoms with Gasteiger partial charge in [-0.2, -0.15) is 0 Å². The lowest BCUT2D eigenvalue weighted by molar-refractivity contribution is -0.00820. The van der Waals surface area contributed by atoms with Gasteiger partial charge < -0.3 is 9.84 Å². The molecule has 2 nitrogen and oxygen atoms in total. The first-order valence-corrected chi connectivity index (χ1v) is 6.94. The van der Waals surface area contributed by atoms with Crippen LogP contribution in [0.4, 0.5) is 0 Å². The number of ether oxygens (including phenoxy) is 1. The van der Waals surface area contributed by atoms with E-state index in [-0.39, 0.29) is 6.10 Å². The highest BCUT2D eigenvalue weighted by atomic mass is 32.1. The number of hydrogen-bond donors (Lipinski definition) is 1. The van der Waals surface area contributed by atoms with Gasteiger partial charge in [-0.15, -0.1) is 11.3 Å². The fourth-order valence-electron chi connectivity index (χ4n) is 2.16. The molecule has 1 aliphatic rings. The third kappa shape index (κ3) is 3.06. The van der Waals surface area contributed by atoms with Crippen LogP contribution < -0.4 is 0 Å². The van der Waals surface area contributed by atoms with Gasteiger partial charge in [0.2, 0.25) is 0 Å². The van der Waals surface area contributed by atoms with E-state index in [1.54, 1.807) is 0 Å². The zero-order valence-electron chi connectivity index (χ0n) is 9.82. The Morgan fingerprint density at radius 2 is 2.31 bits per heavy atom. The monoisotopic (exact) mass is 240 g/mol. The maximum Gasteiger partial charge on any atom is 0.0638 e. The Balaban J connectivity index is 1.87. The van der Waals surface area contributed by atoms with Crippen LogP contribution in [-0.2, 0) is 17.6 Å². The zero-order valence-corrected chi connectivity index (χ0v) is 10.6. The van der Waals surface area contributed by atoms with E-state index in [0.717, 1.165) is 38.9 Å². The van der Waals surface area contributed by atoms with Gasteiger partial charge in [0.1, 0.15) is 0 Å². The number of aliphatic hydroxyl groups is 1. The van der Waals surface area contributed by atoms with Crippen LogP contribution in [-0.4, -0.2) is 24.4 Å². The van der Waals surface area contributed by atoms with E-state index in [2.05, 4.69) is 19.1 Å². The molecule has 2 rings (SSSR count). The van der Waals surface area contributed by atoms with E-state index >= 15 is 0 Å². The molecule has 2 heterocycles. The van der Waals surface area contributed by atoms with Gasteiger partial charge in [-0.1, -0.05) is 6.92 Å². The second kappa shape index (κ2) is 5.80. The topological polar surface area (TPSA) is 29.5 Å². The molecule has 3 heteroatoms. The Bertz CT molecular complexity index is 315. The predicted molar refractivity (Wildman–Crippen MR) is 67.0 cm³/mol. The second-order valence-corrected chi connectivity index (χ2v) is 5.72. The summed E-state index contributed by atoms with van der Waals surface area (Å²) in [7, 11) is 0. The molecule has 1 N–H and O–H groups in total. The quantitative estimate of drug-likeness (QED) is 0.876. The number of rotatable bonds is 4. The Kier molecular flexibility index (Phi) is 4.38. The maximum atomic E-state index is 10.1. The molecule has 2 unspecified atom stereocenters. The Morgan fingerprint density at radius 1 is 1.50 bits per heavy atom. The van der Waals surface area contributed by atoms with E-state index < -0.39 is 0 Å². The van der Waals surface area contributed by atoms with Crippen molar-refractivity contribution in [2.75, 3.05) is 13.2 Å². The minimum Gasteiger partial charge on any atom is -0.392 e. The van der Waals surface area contributed by atoms with Crippen molar-refractivity contribution in [3.05, 3.63) is 21.9 Å². The van der Waals surface area contributed by atoms with Gasteiger partial charge in [0.05, 0.1) is 12.7 Å². The first-order chi connectivity index (χ1) is 7.79. The van der Waals surface area contributed by atoms with Gasteiger partial charge >= 0.3 is 0 Å². The van der Waals surface area contributed by atoms with Crippen LogP contribution in [0.2, 0.25) is 0 Å². The Labute approximate surface area is 101 Å². The highest BCUT2D eigenvalue weighted by Crippen LogP contribution is 2.24. The predicted octanol–water partition coefficient (Wildman–Crippen LogP) is 2.64. The molecule has 0 aliphatic carbocycles. The van der Waals surface area contributed by atoms with Crippen molar-refractivity contribution < 1.29 is 9.84 Å². The maximum absolute atomic E-state index is 10.1. The molecule has 1 aromatic rings. The fraction of sp³-hybridized carbons (Fsp3) is 0.692. The lowest BCUT2D eigenvalue weighted by Crippen LogP contribution is -2.30. The van der Waals surface area contributed by atoms with E-state index in [1.807, 2.05) is 11.3 Å². The van der Waals surface area contributed by atoms with Crippen molar-refractivity contribution in [3.8, 4) is 0 Å². The van der Waals surface area contributed by atoms with Crippen LogP contribution in [0.25, 0.3) is 0 Å². The summed E-state index contributed by atoms with van der Waals surface area (Å²) in [5, 5.41) is 10.1. The van der Waals surface area contributed by atoms with Crippen LogP contribution in [0.5, 0.6) is 0 Å². The van der Waals surface area contributed by atoms with Crippen LogP contribution in [0.3, 0.4) is 0 Å². The van der Waals surface area contributed by atoms with Crippen LogP contribution in [0.1, 0.15) is 29.5 Å². The molecule has 1 aromatic heterocycles. The summed E-state index contributed by atoms with van der Waals surface area (Å²) in [4.78, 5) is 2.71. The summed E-state index contributed by atoms with van der Waals surface area (Å²) >= 11 is 1.82. The minimum atomic E-state index is -0.233. The summed E-state index contributed by atoms with van der Waals surface area (Å²) in [5.74, 6) is 0.334. The molecule has 0 saturated carbocycles. The lowest BCUT2D eigenvalue weighted by atomic mass is 9.93. The van der Waals surface area contributed by atoms with Gasteiger partial charge in [0.15, 0.2) is 0 Å². The molecule has 1 aliphatic heterocycles. The molecule has 90 valence electrons. The summed E-state index contributed by atoms with van der Waals surface area (Å²) in [6.45, 7) is 3.76. The average molecular weight is 240 g/mol. The van der Waals surface area contributed by atoms with Crippen molar-refractivity contribution in [2.24, 2.45) is 5.92 Å². The van der Waals surface area contributed by atoms with Crippen LogP contribution >= 0.6 is 11.3 Å². The average Bonchev–Trinajstić information content (AvgIpc) is 2.78. The Morgan fingerprint density at radius 3 is 2.94 bits per heavy atom. The molecular formula is C13H20O2S. The largest absolute Gasteiger partial charge is 0.392 e. The Hall–Kier alpha value is -0.380. The van der Waals surface area contributed by atoms with Gasteiger partial charge in [-0.05, 0) is 31.4 Å². The number of thiophene rings is 1. The summed E-state index contributed by atoms with van der Waals surface area (Å²) in [6.07, 6.45) is 3.84. The molecule has 16 heavy (non-hydrogen) atoms. The van der Waals surface area contributed by atoms with E-state index in [1.165, 1.54) is 9.75 Å². The summed E-state index contributed by atoms with van der Waals surface area (Å²) < 4.78 is 5.41. The number of hydrogen-bond acceptors (Lipinski definition) is 3. The smallest absolute Gasteiger partial charge is 0.0638 e. The third-order valence-electron chi connectivity index (χ3n) is 3.22. The van der Waals surface area contributed by atoms with E-state index in [9.17, 15) is 5.11 Å². The van der Waals surface area contributed by atoms with Crippen LogP contribution in [0, 0.1) is 5.92 Å². The second-order valence-electron chi connectivity index (χ2n) is 4.47. The highest BCUT2D eigenvalue weighted by molar-refractivity contribution is 7.11. The first kappa shape index (κ1) is 12.1. The van der Waals surface area contributed by atoms with Gasteiger partial charge in [-0.25, -0.2) is 0 Å². The fourth-order valence-corrected chi connectivity index (χ4v) is 3.17. The lowest BCUT2D eigenvalue weighted by Gasteiger charge is -2.26. The molecule has 1 fully saturated rings. The number of aryl methyl sites for hydroxylation is 1. The van der Waals surface area contributed by atoms with Crippen molar-refractivity contribution in [3.63, 3.8) is 0 Å². The first-order valence-electron chi connectivity index (χ1n) is 6.13. The molecule has 0 spiro atoms. The van der Waals surface area contributed by atoms with Gasteiger partial charge in [-0.3, -0.25) is 0 Å². The normalized spacial score (nSPS) is 23.2. The van der Waals surface area contributed by atoms with Gasteiger partial charge in [0, 0.05) is 28.7 Å². The summed E-state index contributed by atoms with van der Waals surface area (Å²) in [6, 6.07) is 4.32. The molecular weight excluding hydrogens is 220 g/mol. The van der Waals surface area contributed by atoms with Crippen LogP contribution in [0.15, 0.2) is 12.1 Å². The highest BCUT2D eigenvalue weighted by Gasteiger charge is 2.22. The SMILES string of the molecule is CCc1ccc(CC(O)C2CCCOC2)s1. The summed E-state index contributed by atoms with van der Waals surface area (Å²) in [5.41, 5.74) is 0. The van der Waals surface area contributed by atoms with E-state index in [0.29, 0.717) is 5.92 Å². The molecule has 0 aromatic carbocycles. The number of aliphatic hydroxyl groups excluding tert-OH is 1. The minimum absolute atomic E-state index is 0.233. The van der Waals surface area contributed by atoms with Crippen molar-refractivity contribution >= 4 is 11.3 Å². The standard InChI is InChI=1S/C13H20O2S/c1-2-11-5-6-12(16-11)8-13(14)10-4-3-7-15-9-10/h5-6,10,13-14H,2-4,7-9H2,1H3. The van der Waals surface area contributed by atoms with E-state index in [4.69, 9.17) is 4.74 Å². The molecule has 1 saturated heterocycles. The van der Waals surface area contributed by atoms with Crippen molar-refractivity contribution in [1.29, 1.82) is 0 Å². The van der Waals surface area contributed by atoms with Crippen molar-refractivity contribution in [1.82, 2.24) is 0 Å². The molecule has 0 amide bonds. The molecule has 2 atom stereocenters. The van der Waals surface area contributed by atoms with Crippen molar-refractivity contribution in [2.45, 2.75) is 38.7 Å². The molecule has 0 bridgehead atoms. The zero-order chi connectivity index (χ0) is 11.4.